The van der Waals surface area contributed by atoms with Crippen molar-refractivity contribution in [1.29, 1.82) is 0 Å². The Morgan fingerprint density at radius 3 is 2.63 bits per heavy atom. The van der Waals surface area contributed by atoms with E-state index in [1.807, 2.05) is 6.92 Å². The highest BCUT2D eigenvalue weighted by atomic mass is 32.2. The fourth-order valence-corrected chi connectivity index (χ4v) is 3.48. The SMILES string of the molecule is CCCN(CC1CC1)S(=O)(=O)c1ccc(CN)cn1. The maximum absolute atomic E-state index is 12.5. The van der Waals surface area contributed by atoms with Gasteiger partial charge in [-0.1, -0.05) is 13.0 Å². The van der Waals surface area contributed by atoms with E-state index >= 15 is 0 Å². The van der Waals surface area contributed by atoms with Gasteiger partial charge in [-0.05, 0) is 36.8 Å². The van der Waals surface area contributed by atoms with E-state index in [-0.39, 0.29) is 5.03 Å². The fourth-order valence-electron chi connectivity index (χ4n) is 1.96. The standard InChI is InChI=1S/C13H21N3O2S/c1-2-7-16(10-11-3-4-11)19(17,18)13-6-5-12(8-14)9-15-13/h5-6,9,11H,2-4,7-8,10,14H2,1H3. The molecule has 5 nitrogen and oxygen atoms in total. The summed E-state index contributed by atoms with van der Waals surface area (Å²) < 4.78 is 26.6. The maximum atomic E-state index is 12.5. The van der Waals surface area contributed by atoms with Gasteiger partial charge in [0, 0.05) is 25.8 Å². The summed E-state index contributed by atoms with van der Waals surface area (Å²) in [5, 5.41) is 0.124. The van der Waals surface area contributed by atoms with Crippen LogP contribution in [0.3, 0.4) is 0 Å². The van der Waals surface area contributed by atoms with Crippen molar-refractivity contribution < 1.29 is 8.42 Å². The lowest BCUT2D eigenvalue weighted by Crippen LogP contribution is -2.34. The molecule has 1 aliphatic rings. The zero-order chi connectivity index (χ0) is 13.9. The molecule has 6 heteroatoms. The Bertz CT molecular complexity index is 509. The predicted molar refractivity (Wildman–Crippen MR) is 73.9 cm³/mol. The van der Waals surface area contributed by atoms with E-state index in [2.05, 4.69) is 4.98 Å². The molecule has 2 rings (SSSR count). The first kappa shape index (κ1) is 14.4. The van der Waals surface area contributed by atoms with Crippen LogP contribution in [0.15, 0.2) is 23.4 Å². The minimum Gasteiger partial charge on any atom is -0.326 e. The van der Waals surface area contributed by atoms with Crippen molar-refractivity contribution in [1.82, 2.24) is 9.29 Å². The lowest BCUT2D eigenvalue weighted by molar-refractivity contribution is 0.394. The molecule has 1 aromatic heterocycles. The van der Waals surface area contributed by atoms with Gasteiger partial charge in [-0.2, -0.15) is 4.31 Å². The minimum atomic E-state index is -3.46. The van der Waals surface area contributed by atoms with Crippen LogP contribution in [0.4, 0.5) is 0 Å². The summed E-state index contributed by atoms with van der Waals surface area (Å²) in [5.41, 5.74) is 6.33. The van der Waals surface area contributed by atoms with E-state index in [1.165, 1.54) is 6.20 Å². The first-order chi connectivity index (χ1) is 9.07. The first-order valence-electron chi connectivity index (χ1n) is 6.73. The molecule has 1 fully saturated rings. The van der Waals surface area contributed by atoms with Crippen molar-refractivity contribution in [3.8, 4) is 0 Å². The van der Waals surface area contributed by atoms with Gasteiger partial charge in [-0.15, -0.1) is 0 Å². The number of aromatic nitrogens is 1. The van der Waals surface area contributed by atoms with Crippen molar-refractivity contribution >= 4 is 10.0 Å². The largest absolute Gasteiger partial charge is 0.326 e. The molecular formula is C13H21N3O2S. The van der Waals surface area contributed by atoms with Gasteiger partial charge in [-0.3, -0.25) is 0 Å². The summed E-state index contributed by atoms with van der Waals surface area (Å²) in [4.78, 5) is 4.04. The smallest absolute Gasteiger partial charge is 0.260 e. The molecule has 1 heterocycles. The monoisotopic (exact) mass is 283 g/mol. The Balaban J connectivity index is 2.20. The molecule has 2 N–H and O–H groups in total. The number of sulfonamides is 1. The van der Waals surface area contributed by atoms with Crippen LogP contribution in [0.5, 0.6) is 0 Å². The second kappa shape index (κ2) is 5.98. The first-order valence-corrected chi connectivity index (χ1v) is 8.17. The highest BCUT2D eigenvalue weighted by Crippen LogP contribution is 2.31. The van der Waals surface area contributed by atoms with Crippen LogP contribution < -0.4 is 5.73 Å². The Morgan fingerprint density at radius 2 is 2.16 bits per heavy atom. The molecule has 1 aliphatic carbocycles. The van der Waals surface area contributed by atoms with Crippen LogP contribution in [-0.2, 0) is 16.6 Å². The summed E-state index contributed by atoms with van der Waals surface area (Å²) >= 11 is 0. The number of nitrogens with zero attached hydrogens (tertiary/aromatic N) is 2. The zero-order valence-electron chi connectivity index (χ0n) is 11.2. The Labute approximate surface area is 114 Å². The van der Waals surface area contributed by atoms with Gasteiger partial charge in [0.15, 0.2) is 5.03 Å². The Hall–Kier alpha value is -0.980. The van der Waals surface area contributed by atoms with E-state index in [0.717, 1.165) is 24.8 Å². The van der Waals surface area contributed by atoms with Crippen LogP contribution >= 0.6 is 0 Å². The van der Waals surface area contributed by atoms with Crippen LogP contribution in [-0.4, -0.2) is 30.8 Å². The van der Waals surface area contributed by atoms with Gasteiger partial charge >= 0.3 is 0 Å². The van der Waals surface area contributed by atoms with Gasteiger partial charge in [0.2, 0.25) is 0 Å². The Morgan fingerprint density at radius 1 is 1.42 bits per heavy atom. The molecule has 1 saturated carbocycles. The number of rotatable bonds is 7. The maximum Gasteiger partial charge on any atom is 0.260 e. The van der Waals surface area contributed by atoms with Crippen molar-refractivity contribution in [2.45, 2.75) is 37.8 Å². The van der Waals surface area contributed by atoms with Gasteiger partial charge in [0.1, 0.15) is 0 Å². The molecule has 106 valence electrons. The molecule has 0 unspecified atom stereocenters. The lowest BCUT2D eigenvalue weighted by Gasteiger charge is -2.20. The van der Waals surface area contributed by atoms with E-state index < -0.39 is 10.0 Å². The van der Waals surface area contributed by atoms with Gasteiger partial charge < -0.3 is 5.73 Å². The van der Waals surface area contributed by atoms with Crippen LogP contribution in [0.25, 0.3) is 0 Å². The van der Waals surface area contributed by atoms with Crippen molar-refractivity contribution in [2.24, 2.45) is 11.7 Å². The highest BCUT2D eigenvalue weighted by Gasteiger charge is 2.31. The van der Waals surface area contributed by atoms with Crippen molar-refractivity contribution in [2.75, 3.05) is 13.1 Å². The number of nitrogens with two attached hydrogens (primary N) is 1. The summed E-state index contributed by atoms with van der Waals surface area (Å²) in [6.45, 7) is 3.53. The summed E-state index contributed by atoms with van der Waals surface area (Å²) in [7, 11) is -3.46. The Kier molecular flexibility index (Phi) is 4.54. The second-order valence-corrected chi connectivity index (χ2v) is 6.90. The molecule has 19 heavy (non-hydrogen) atoms. The third kappa shape index (κ3) is 3.52. The zero-order valence-corrected chi connectivity index (χ0v) is 12.1. The van der Waals surface area contributed by atoms with E-state index in [4.69, 9.17) is 5.73 Å². The molecule has 0 aliphatic heterocycles. The highest BCUT2D eigenvalue weighted by molar-refractivity contribution is 7.89. The van der Waals surface area contributed by atoms with E-state index in [9.17, 15) is 8.42 Å². The van der Waals surface area contributed by atoms with Crippen LogP contribution in [0, 0.1) is 5.92 Å². The molecular weight excluding hydrogens is 262 g/mol. The van der Waals surface area contributed by atoms with Gasteiger partial charge in [-0.25, -0.2) is 13.4 Å². The third-order valence-electron chi connectivity index (χ3n) is 3.27. The second-order valence-electron chi connectivity index (χ2n) is 5.02. The normalized spacial score (nSPS) is 15.9. The van der Waals surface area contributed by atoms with Gasteiger partial charge in [0.25, 0.3) is 10.0 Å². The molecule has 1 aromatic rings. The predicted octanol–water partition coefficient (Wildman–Crippen LogP) is 1.35. The topological polar surface area (TPSA) is 76.3 Å². The lowest BCUT2D eigenvalue weighted by atomic mass is 10.3. The average molecular weight is 283 g/mol. The van der Waals surface area contributed by atoms with Crippen LogP contribution in [0.1, 0.15) is 31.7 Å². The van der Waals surface area contributed by atoms with Gasteiger partial charge in [0.05, 0.1) is 0 Å². The number of hydrogen-bond donors (Lipinski definition) is 1. The molecule has 0 amide bonds. The van der Waals surface area contributed by atoms with Crippen LogP contribution in [0.2, 0.25) is 0 Å². The minimum absolute atomic E-state index is 0.124. The van der Waals surface area contributed by atoms with E-state index in [1.54, 1.807) is 16.4 Å². The molecule has 0 aromatic carbocycles. The molecule has 0 atom stereocenters. The number of pyridine rings is 1. The summed E-state index contributed by atoms with van der Waals surface area (Å²) in [6.07, 6.45) is 4.62. The molecule has 0 saturated heterocycles. The van der Waals surface area contributed by atoms with Crippen molar-refractivity contribution in [3.05, 3.63) is 23.9 Å². The summed E-state index contributed by atoms with van der Waals surface area (Å²) in [5.74, 6) is 0.532. The average Bonchev–Trinajstić information content (AvgIpc) is 3.22. The van der Waals surface area contributed by atoms with Crippen molar-refractivity contribution in [3.63, 3.8) is 0 Å². The summed E-state index contributed by atoms with van der Waals surface area (Å²) in [6, 6.07) is 3.27. The molecule has 0 bridgehead atoms. The quantitative estimate of drug-likeness (QED) is 0.819. The fraction of sp³-hybridized carbons (Fsp3) is 0.615. The van der Waals surface area contributed by atoms with E-state index in [0.29, 0.717) is 25.6 Å². The number of hydrogen-bond acceptors (Lipinski definition) is 4. The third-order valence-corrected chi connectivity index (χ3v) is 5.05. The molecule has 0 radical (unpaired) electrons. The molecule has 0 spiro atoms.